The van der Waals surface area contributed by atoms with Gasteiger partial charge in [0.2, 0.25) is 0 Å². The van der Waals surface area contributed by atoms with Crippen molar-refractivity contribution in [3.63, 3.8) is 0 Å². The molecule has 1 unspecified atom stereocenters. The number of nitrogens with one attached hydrogen (secondary N) is 1. The second-order valence-corrected chi connectivity index (χ2v) is 5.82. The van der Waals surface area contributed by atoms with Crippen LogP contribution in [-0.2, 0) is 6.54 Å². The predicted molar refractivity (Wildman–Crippen MR) is 74.7 cm³/mol. The van der Waals surface area contributed by atoms with Crippen molar-refractivity contribution in [1.29, 1.82) is 0 Å². The average molecular weight is 272 g/mol. The SMILES string of the molecule is CCC(CC1CC1)NCc1cc(Cl)cc(Cl)c1. The van der Waals surface area contributed by atoms with Gasteiger partial charge >= 0.3 is 0 Å². The number of halogens is 2. The Morgan fingerprint density at radius 2 is 1.88 bits per heavy atom. The van der Waals surface area contributed by atoms with Crippen LogP contribution in [0.3, 0.4) is 0 Å². The van der Waals surface area contributed by atoms with Gasteiger partial charge in [-0.3, -0.25) is 0 Å². The highest BCUT2D eigenvalue weighted by molar-refractivity contribution is 6.34. The van der Waals surface area contributed by atoms with Crippen molar-refractivity contribution in [2.24, 2.45) is 5.92 Å². The van der Waals surface area contributed by atoms with E-state index in [1.54, 1.807) is 6.07 Å². The summed E-state index contributed by atoms with van der Waals surface area (Å²) in [5.74, 6) is 0.968. The minimum atomic E-state index is 0.625. The van der Waals surface area contributed by atoms with Crippen LogP contribution in [0.4, 0.5) is 0 Å². The molecule has 94 valence electrons. The summed E-state index contributed by atoms with van der Waals surface area (Å²) in [6.45, 7) is 3.09. The summed E-state index contributed by atoms with van der Waals surface area (Å²) in [5.41, 5.74) is 1.16. The van der Waals surface area contributed by atoms with Crippen molar-refractivity contribution in [2.45, 2.75) is 45.2 Å². The first-order valence-corrected chi connectivity index (χ1v) is 7.11. The maximum Gasteiger partial charge on any atom is 0.0424 e. The Hall–Kier alpha value is -0.240. The molecule has 1 aliphatic carbocycles. The van der Waals surface area contributed by atoms with Gasteiger partial charge in [0.1, 0.15) is 0 Å². The van der Waals surface area contributed by atoms with Gasteiger partial charge in [0.25, 0.3) is 0 Å². The summed E-state index contributed by atoms with van der Waals surface area (Å²) in [7, 11) is 0. The van der Waals surface area contributed by atoms with Gasteiger partial charge in [-0.1, -0.05) is 43.0 Å². The van der Waals surface area contributed by atoms with Gasteiger partial charge in [-0.2, -0.15) is 0 Å². The third-order valence-electron chi connectivity index (χ3n) is 3.32. The highest BCUT2D eigenvalue weighted by Crippen LogP contribution is 2.34. The van der Waals surface area contributed by atoms with Gasteiger partial charge in [-0.05, 0) is 42.5 Å². The van der Waals surface area contributed by atoms with Crippen LogP contribution in [0.1, 0.15) is 38.2 Å². The summed E-state index contributed by atoms with van der Waals surface area (Å²) in [4.78, 5) is 0. The fourth-order valence-corrected chi connectivity index (χ4v) is 2.70. The van der Waals surface area contributed by atoms with Gasteiger partial charge in [-0.15, -0.1) is 0 Å². The molecular formula is C14H19Cl2N. The van der Waals surface area contributed by atoms with E-state index in [9.17, 15) is 0 Å². The zero-order chi connectivity index (χ0) is 12.3. The summed E-state index contributed by atoms with van der Waals surface area (Å²) >= 11 is 12.0. The molecule has 0 amide bonds. The summed E-state index contributed by atoms with van der Waals surface area (Å²) < 4.78 is 0. The minimum absolute atomic E-state index is 0.625. The number of benzene rings is 1. The molecular weight excluding hydrogens is 253 g/mol. The van der Waals surface area contributed by atoms with Crippen LogP contribution in [0.15, 0.2) is 18.2 Å². The molecule has 3 heteroatoms. The van der Waals surface area contributed by atoms with E-state index in [-0.39, 0.29) is 0 Å². The quantitative estimate of drug-likeness (QED) is 0.794. The topological polar surface area (TPSA) is 12.0 Å². The lowest BCUT2D eigenvalue weighted by Gasteiger charge is -2.16. The first-order chi connectivity index (χ1) is 8.17. The zero-order valence-electron chi connectivity index (χ0n) is 10.2. The molecule has 0 aliphatic heterocycles. The van der Waals surface area contributed by atoms with Crippen LogP contribution in [0.2, 0.25) is 10.0 Å². The molecule has 0 saturated heterocycles. The van der Waals surface area contributed by atoms with Crippen LogP contribution in [0.25, 0.3) is 0 Å². The number of hydrogen-bond donors (Lipinski definition) is 1. The largest absolute Gasteiger partial charge is 0.310 e. The van der Waals surface area contributed by atoms with Gasteiger partial charge in [0.15, 0.2) is 0 Å². The van der Waals surface area contributed by atoms with Gasteiger partial charge in [0, 0.05) is 22.6 Å². The fraction of sp³-hybridized carbons (Fsp3) is 0.571. The van der Waals surface area contributed by atoms with Crippen molar-refractivity contribution in [3.8, 4) is 0 Å². The smallest absolute Gasteiger partial charge is 0.0424 e. The maximum atomic E-state index is 5.98. The standard InChI is InChI=1S/C14H19Cl2N/c1-2-14(7-10-3-4-10)17-9-11-5-12(15)8-13(16)6-11/h5-6,8,10,14,17H,2-4,7,9H2,1H3. The molecule has 1 aromatic carbocycles. The molecule has 1 fully saturated rings. The molecule has 1 saturated carbocycles. The van der Waals surface area contributed by atoms with Crippen LogP contribution in [-0.4, -0.2) is 6.04 Å². The highest BCUT2D eigenvalue weighted by Gasteiger charge is 2.24. The van der Waals surface area contributed by atoms with E-state index in [0.29, 0.717) is 16.1 Å². The highest BCUT2D eigenvalue weighted by atomic mass is 35.5. The summed E-state index contributed by atoms with van der Waals surface area (Å²) in [6.07, 6.45) is 5.33. The van der Waals surface area contributed by atoms with E-state index in [0.717, 1.165) is 18.0 Å². The van der Waals surface area contributed by atoms with E-state index in [4.69, 9.17) is 23.2 Å². The lowest BCUT2D eigenvalue weighted by atomic mass is 10.1. The van der Waals surface area contributed by atoms with Crippen molar-refractivity contribution < 1.29 is 0 Å². The van der Waals surface area contributed by atoms with E-state index >= 15 is 0 Å². The van der Waals surface area contributed by atoms with Crippen LogP contribution in [0.5, 0.6) is 0 Å². The fourth-order valence-electron chi connectivity index (χ4n) is 2.13. The summed E-state index contributed by atoms with van der Waals surface area (Å²) in [5, 5.41) is 5.02. The Balaban J connectivity index is 1.86. The zero-order valence-corrected chi connectivity index (χ0v) is 11.7. The van der Waals surface area contributed by atoms with Crippen LogP contribution < -0.4 is 5.32 Å². The minimum Gasteiger partial charge on any atom is -0.310 e. The second kappa shape index (κ2) is 6.08. The van der Waals surface area contributed by atoms with Crippen LogP contribution >= 0.6 is 23.2 Å². The Morgan fingerprint density at radius 1 is 1.24 bits per heavy atom. The molecule has 0 radical (unpaired) electrons. The van der Waals surface area contributed by atoms with E-state index in [1.165, 1.54) is 25.7 Å². The van der Waals surface area contributed by atoms with E-state index in [1.807, 2.05) is 12.1 Å². The molecule has 1 nitrogen and oxygen atoms in total. The molecule has 1 N–H and O–H groups in total. The Labute approximate surface area is 114 Å². The molecule has 0 heterocycles. The van der Waals surface area contributed by atoms with E-state index in [2.05, 4.69) is 12.2 Å². The monoisotopic (exact) mass is 271 g/mol. The normalized spacial score (nSPS) is 17.1. The first-order valence-electron chi connectivity index (χ1n) is 6.35. The Bertz CT molecular complexity index is 354. The first kappa shape index (κ1) is 13.2. The lowest BCUT2D eigenvalue weighted by molar-refractivity contribution is 0.445. The second-order valence-electron chi connectivity index (χ2n) is 4.94. The number of hydrogen-bond acceptors (Lipinski definition) is 1. The molecule has 0 spiro atoms. The van der Waals surface area contributed by atoms with Gasteiger partial charge < -0.3 is 5.32 Å². The van der Waals surface area contributed by atoms with Crippen molar-refractivity contribution >= 4 is 23.2 Å². The van der Waals surface area contributed by atoms with Crippen molar-refractivity contribution in [3.05, 3.63) is 33.8 Å². The molecule has 0 bridgehead atoms. The summed E-state index contributed by atoms with van der Waals surface area (Å²) in [6, 6.07) is 6.35. The van der Waals surface area contributed by atoms with Crippen molar-refractivity contribution in [1.82, 2.24) is 5.32 Å². The molecule has 2 rings (SSSR count). The molecule has 1 atom stereocenters. The maximum absolute atomic E-state index is 5.98. The van der Waals surface area contributed by atoms with Crippen LogP contribution in [0, 0.1) is 5.92 Å². The third-order valence-corrected chi connectivity index (χ3v) is 3.76. The molecule has 17 heavy (non-hydrogen) atoms. The van der Waals surface area contributed by atoms with Gasteiger partial charge in [-0.25, -0.2) is 0 Å². The third kappa shape index (κ3) is 4.50. The number of rotatable bonds is 6. The van der Waals surface area contributed by atoms with Gasteiger partial charge in [0.05, 0.1) is 0 Å². The van der Waals surface area contributed by atoms with E-state index < -0.39 is 0 Å². The predicted octanol–water partition coefficient (Wildman–Crippen LogP) is 4.66. The molecule has 0 aromatic heterocycles. The molecule has 1 aliphatic rings. The average Bonchev–Trinajstić information content (AvgIpc) is 3.06. The lowest BCUT2D eigenvalue weighted by Crippen LogP contribution is -2.28. The Kier molecular flexibility index (Phi) is 4.72. The molecule has 1 aromatic rings. The Morgan fingerprint density at radius 3 is 2.41 bits per heavy atom. The van der Waals surface area contributed by atoms with Crippen molar-refractivity contribution in [2.75, 3.05) is 0 Å².